The molecule has 1 aliphatic rings. The molecule has 0 N–H and O–H groups in total. The summed E-state index contributed by atoms with van der Waals surface area (Å²) in [4.78, 5) is -0.440. The molecule has 1 heterocycles. The number of halogens is 3. The highest BCUT2D eigenvalue weighted by Crippen LogP contribution is 2.30. The minimum absolute atomic E-state index is 0.0954. The lowest BCUT2D eigenvalue weighted by atomic mass is 10.1. The van der Waals surface area contributed by atoms with E-state index in [1.807, 2.05) is 0 Å². The van der Waals surface area contributed by atoms with E-state index in [0.717, 1.165) is 43.1 Å². The van der Waals surface area contributed by atoms with Crippen molar-refractivity contribution in [1.29, 1.82) is 0 Å². The maximum absolute atomic E-state index is 13.7. The predicted molar refractivity (Wildman–Crippen MR) is 76.3 cm³/mol. The highest BCUT2D eigenvalue weighted by Gasteiger charge is 2.36. The van der Waals surface area contributed by atoms with Crippen molar-refractivity contribution in [2.75, 3.05) is 11.9 Å². The van der Waals surface area contributed by atoms with Gasteiger partial charge >= 0.3 is 0 Å². The average Bonchev–Trinajstić information content (AvgIpc) is 2.84. The lowest BCUT2D eigenvalue weighted by molar-refractivity contribution is 0.366. The van der Waals surface area contributed by atoms with Gasteiger partial charge < -0.3 is 0 Å². The molecule has 1 aromatic carbocycles. The zero-order chi connectivity index (χ0) is 14.8. The number of hydrogen-bond donors (Lipinski definition) is 0. The molecule has 1 aromatic rings. The second-order valence-corrected chi connectivity index (χ2v) is 7.47. The first-order valence-electron chi connectivity index (χ1n) is 6.49. The Labute approximate surface area is 126 Å². The van der Waals surface area contributed by atoms with Crippen molar-refractivity contribution in [3.05, 3.63) is 29.8 Å². The van der Waals surface area contributed by atoms with Crippen LogP contribution in [0.2, 0.25) is 0 Å². The lowest BCUT2D eigenvalue weighted by Crippen LogP contribution is -2.36. The van der Waals surface area contributed by atoms with E-state index in [9.17, 15) is 17.2 Å². The average molecular weight is 368 g/mol. The summed E-state index contributed by atoms with van der Waals surface area (Å²) in [6.07, 6.45) is 3.17. The first-order valence-corrected chi connectivity index (χ1v) is 9.06. The Hall–Kier alpha value is -0.530. The number of sulfonamides is 1. The molecule has 2 rings (SSSR count). The molecule has 0 aliphatic carbocycles. The zero-order valence-corrected chi connectivity index (χ0v) is 13.3. The summed E-state index contributed by atoms with van der Waals surface area (Å²) in [5.74, 6) is -1.81. The van der Waals surface area contributed by atoms with Gasteiger partial charge in [-0.25, -0.2) is 17.2 Å². The van der Waals surface area contributed by atoms with Crippen LogP contribution in [0, 0.1) is 11.6 Å². The van der Waals surface area contributed by atoms with Crippen molar-refractivity contribution < 1.29 is 17.2 Å². The van der Waals surface area contributed by atoms with E-state index in [0.29, 0.717) is 12.6 Å². The minimum atomic E-state index is -3.89. The molecular formula is C13H16BrF2NO2S. The number of benzene rings is 1. The van der Waals surface area contributed by atoms with Crippen LogP contribution in [0.5, 0.6) is 0 Å². The Bertz CT molecular complexity index is 580. The standard InChI is InChI=1S/C13H16BrF2NO2S/c14-7-1-3-11-4-2-8-17(11)20(18,19)13-6-5-10(15)9-12(13)16/h5-6,9,11H,1-4,7-8H2. The molecule has 1 atom stereocenters. The summed E-state index contributed by atoms with van der Waals surface area (Å²) in [6.45, 7) is 0.395. The topological polar surface area (TPSA) is 37.4 Å². The van der Waals surface area contributed by atoms with Crippen LogP contribution in [0.3, 0.4) is 0 Å². The van der Waals surface area contributed by atoms with E-state index in [2.05, 4.69) is 15.9 Å². The molecule has 1 fully saturated rings. The van der Waals surface area contributed by atoms with E-state index < -0.39 is 26.6 Å². The lowest BCUT2D eigenvalue weighted by Gasteiger charge is -2.24. The maximum Gasteiger partial charge on any atom is 0.246 e. The molecule has 112 valence electrons. The number of rotatable bonds is 5. The van der Waals surface area contributed by atoms with Crippen molar-refractivity contribution in [2.24, 2.45) is 0 Å². The molecule has 0 saturated carbocycles. The van der Waals surface area contributed by atoms with Crippen molar-refractivity contribution >= 4 is 26.0 Å². The van der Waals surface area contributed by atoms with Gasteiger partial charge in [0.1, 0.15) is 16.5 Å². The minimum Gasteiger partial charge on any atom is -0.207 e. The molecule has 0 bridgehead atoms. The smallest absolute Gasteiger partial charge is 0.207 e. The Morgan fingerprint density at radius 3 is 2.75 bits per heavy atom. The fourth-order valence-electron chi connectivity index (χ4n) is 2.54. The van der Waals surface area contributed by atoms with Crippen molar-refractivity contribution in [2.45, 2.75) is 36.6 Å². The summed E-state index contributed by atoms with van der Waals surface area (Å²) in [5, 5.41) is 0.808. The third kappa shape index (κ3) is 3.20. The molecule has 20 heavy (non-hydrogen) atoms. The third-order valence-electron chi connectivity index (χ3n) is 3.47. The van der Waals surface area contributed by atoms with E-state index in [1.54, 1.807) is 0 Å². The van der Waals surface area contributed by atoms with Crippen LogP contribution < -0.4 is 0 Å². The molecule has 7 heteroatoms. The summed E-state index contributed by atoms with van der Waals surface area (Å²) < 4.78 is 53.0. The highest BCUT2D eigenvalue weighted by molar-refractivity contribution is 9.09. The number of hydrogen-bond acceptors (Lipinski definition) is 2. The largest absolute Gasteiger partial charge is 0.246 e. The second-order valence-electron chi connectivity index (χ2n) is 4.82. The van der Waals surface area contributed by atoms with Gasteiger partial charge in [-0.1, -0.05) is 15.9 Å². The zero-order valence-electron chi connectivity index (χ0n) is 10.9. The van der Waals surface area contributed by atoms with Crippen LogP contribution in [0.15, 0.2) is 23.1 Å². The van der Waals surface area contributed by atoms with Gasteiger partial charge in [-0.3, -0.25) is 0 Å². The van der Waals surface area contributed by atoms with Gasteiger partial charge in [-0.05, 0) is 37.8 Å². The van der Waals surface area contributed by atoms with Crippen LogP contribution in [-0.4, -0.2) is 30.6 Å². The quantitative estimate of drug-likeness (QED) is 0.748. The molecule has 1 unspecified atom stereocenters. The monoisotopic (exact) mass is 367 g/mol. The molecule has 3 nitrogen and oxygen atoms in total. The Balaban J connectivity index is 2.29. The van der Waals surface area contributed by atoms with Crippen molar-refractivity contribution in [3.8, 4) is 0 Å². The van der Waals surface area contributed by atoms with Gasteiger partial charge in [0.25, 0.3) is 0 Å². The summed E-state index contributed by atoms with van der Waals surface area (Å²) in [6, 6.07) is 2.48. The fourth-order valence-corrected chi connectivity index (χ4v) is 4.63. The second kappa shape index (κ2) is 6.49. The van der Waals surface area contributed by atoms with Crippen molar-refractivity contribution in [1.82, 2.24) is 4.31 Å². The summed E-state index contributed by atoms with van der Waals surface area (Å²) >= 11 is 3.32. The first kappa shape index (κ1) is 15.9. The van der Waals surface area contributed by atoms with Gasteiger partial charge in [-0.15, -0.1) is 0 Å². The molecular weight excluding hydrogens is 352 g/mol. The van der Waals surface area contributed by atoms with Crippen LogP contribution in [0.25, 0.3) is 0 Å². The molecule has 1 aliphatic heterocycles. The Morgan fingerprint density at radius 1 is 1.35 bits per heavy atom. The van der Waals surface area contributed by atoms with E-state index in [1.165, 1.54) is 4.31 Å². The summed E-state index contributed by atoms with van der Waals surface area (Å²) in [7, 11) is -3.89. The third-order valence-corrected chi connectivity index (χ3v) is 6.02. The van der Waals surface area contributed by atoms with E-state index >= 15 is 0 Å². The normalized spacial score (nSPS) is 20.4. The van der Waals surface area contributed by atoms with Gasteiger partial charge in [0.15, 0.2) is 0 Å². The maximum atomic E-state index is 13.7. The highest BCUT2D eigenvalue weighted by atomic mass is 79.9. The predicted octanol–water partition coefficient (Wildman–Crippen LogP) is 3.29. The SMILES string of the molecule is O=S(=O)(c1ccc(F)cc1F)N1CCCC1CCCBr. The number of alkyl halides is 1. The van der Waals surface area contributed by atoms with Gasteiger partial charge in [0.05, 0.1) is 0 Å². The molecule has 1 saturated heterocycles. The molecule has 0 aromatic heterocycles. The van der Waals surface area contributed by atoms with Crippen molar-refractivity contribution in [3.63, 3.8) is 0 Å². The van der Waals surface area contributed by atoms with E-state index in [-0.39, 0.29) is 6.04 Å². The van der Waals surface area contributed by atoms with Gasteiger partial charge in [0.2, 0.25) is 10.0 Å². The number of nitrogens with zero attached hydrogens (tertiary/aromatic N) is 1. The van der Waals surface area contributed by atoms with Gasteiger partial charge in [-0.2, -0.15) is 4.31 Å². The molecule has 0 spiro atoms. The first-order chi connectivity index (χ1) is 9.46. The van der Waals surface area contributed by atoms with Crippen LogP contribution in [0.1, 0.15) is 25.7 Å². The summed E-state index contributed by atoms with van der Waals surface area (Å²) in [5.41, 5.74) is 0. The van der Waals surface area contributed by atoms with Crippen LogP contribution in [-0.2, 0) is 10.0 Å². The van der Waals surface area contributed by atoms with E-state index in [4.69, 9.17) is 0 Å². The molecule has 0 amide bonds. The fraction of sp³-hybridized carbons (Fsp3) is 0.538. The van der Waals surface area contributed by atoms with Crippen LogP contribution >= 0.6 is 15.9 Å². The Kier molecular flexibility index (Phi) is 5.14. The molecule has 0 radical (unpaired) electrons. The Morgan fingerprint density at radius 2 is 2.10 bits per heavy atom. The van der Waals surface area contributed by atoms with Gasteiger partial charge in [0, 0.05) is 24.0 Å². The van der Waals surface area contributed by atoms with Crippen LogP contribution in [0.4, 0.5) is 8.78 Å².